The van der Waals surface area contributed by atoms with Gasteiger partial charge in [0.25, 0.3) is 0 Å². The van der Waals surface area contributed by atoms with Crippen LogP contribution in [0.25, 0.3) is 11.0 Å². The second kappa shape index (κ2) is 6.11. The maximum absolute atomic E-state index is 13.8. The predicted octanol–water partition coefficient (Wildman–Crippen LogP) is 2.56. The van der Waals surface area contributed by atoms with E-state index < -0.39 is 17.6 Å². The molecule has 0 fully saturated rings. The summed E-state index contributed by atoms with van der Waals surface area (Å²) in [6.07, 6.45) is -0.0428. The summed E-state index contributed by atoms with van der Waals surface area (Å²) < 4.78 is 19.0. The van der Waals surface area contributed by atoms with E-state index in [2.05, 4.69) is 10.5 Å². The highest BCUT2D eigenvalue weighted by molar-refractivity contribution is 5.98. The van der Waals surface area contributed by atoms with Crippen LogP contribution in [-0.4, -0.2) is 17.0 Å². The van der Waals surface area contributed by atoms with Gasteiger partial charge in [0.1, 0.15) is 11.5 Å². The summed E-state index contributed by atoms with van der Waals surface area (Å²) in [7, 11) is 0. The number of carbonyl (C=O) groups excluding carboxylic acids is 2. The molecule has 3 rings (SSSR count). The topological polar surface area (TPSA) is 98.2 Å². The van der Waals surface area contributed by atoms with E-state index in [9.17, 15) is 14.0 Å². The van der Waals surface area contributed by atoms with Crippen molar-refractivity contribution in [2.45, 2.75) is 13.3 Å². The van der Waals surface area contributed by atoms with Crippen molar-refractivity contribution < 1.29 is 18.5 Å². The van der Waals surface area contributed by atoms with E-state index in [4.69, 9.17) is 10.3 Å². The zero-order chi connectivity index (χ0) is 17.3. The third kappa shape index (κ3) is 2.96. The van der Waals surface area contributed by atoms with Gasteiger partial charge in [-0.25, -0.2) is 4.39 Å². The first-order valence-electron chi connectivity index (χ1n) is 7.19. The molecule has 7 heteroatoms. The summed E-state index contributed by atoms with van der Waals surface area (Å²) in [6, 6.07) is 9.56. The van der Waals surface area contributed by atoms with Crippen molar-refractivity contribution in [3.63, 3.8) is 0 Å². The maximum Gasteiger partial charge on any atom is 0.248 e. The first-order chi connectivity index (χ1) is 11.5. The van der Waals surface area contributed by atoms with Gasteiger partial charge in [0, 0.05) is 22.2 Å². The number of hydrogen-bond donors (Lipinski definition) is 2. The average Bonchev–Trinajstić information content (AvgIpc) is 2.94. The first-order valence-corrected chi connectivity index (χ1v) is 7.19. The van der Waals surface area contributed by atoms with Crippen molar-refractivity contribution in [3.8, 4) is 0 Å². The Kier molecular flexibility index (Phi) is 3.99. The van der Waals surface area contributed by atoms with E-state index >= 15 is 0 Å². The predicted molar refractivity (Wildman–Crippen MR) is 86.0 cm³/mol. The van der Waals surface area contributed by atoms with Crippen LogP contribution in [0, 0.1) is 12.7 Å². The van der Waals surface area contributed by atoms with Crippen molar-refractivity contribution in [2.24, 2.45) is 5.73 Å². The number of nitrogens with one attached hydrogen (secondary N) is 1. The van der Waals surface area contributed by atoms with Crippen LogP contribution in [0.3, 0.4) is 0 Å². The summed E-state index contributed by atoms with van der Waals surface area (Å²) in [6.45, 7) is 1.50. The van der Waals surface area contributed by atoms with E-state index in [0.29, 0.717) is 11.3 Å². The van der Waals surface area contributed by atoms with Crippen molar-refractivity contribution >= 4 is 28.5 Å². The number of aromatic nitrogens is 1. The first kappa shape index (κ1) is 15.7. The molecule has 1 aromatic heterocycles. The average molecular weight is 327 g/mol. The molecule has 3 N–H and O–H groups in total. The zero-order valence-electron chi connectivity index (χ0n) is 12.8. The standard InChI is InChI=1S/C17H14FN3O3/c1-9-12(18)6-10(17(19)23)7-13(9)20-16(22)8-14-11-4-2-3-5-15(11)24-21-14/h2-7H,8H2,1H3,(H2,19,23)(H,20,22). The van der Waals surface area contributed by atoms with Crippen LogP contribution in [0.2, 0.25) is 0 Å². The van der Waals surface area contributed by atoms with Gasteiger partial charge >= 0.3 is 0 Å². The van der Waals surface area contributed by atoms with Crippen LogP contribution in [0.5, 0.6) is 0 Å². The van der Waals surface area contributed by atoms with Gasteiger partial charge in [-0.05, 0) is 31.2 Å². The minimum Gasteiger partial charge on any atom is -0.366 e. The van der Waals surface area contributed by atoms with Crippen LogP contribution < -0.4 is 11.1 Å². The minimum atomic E-state index is -0.771. The number of carbonyl (C=O) groups is 2. The fourth-order valence-corrected chi connectivity index (χ4v) is 2.36. The van der Waals surface area contributed by atoms with Gasteiger partial charge in [0.05, 0.1) is 6.42 Å². The number of hydrogen-bond acceptors (Lipinski definition) is 4. The monoisotopic (exact) mass is 327 g/mol. The molecule has 2 aromatic carbocycles. The molecule has 6 nitrogen and oxygen atoms in total. The molecule has 0 unspecified atom stereocenters. The van der Waals surface area contributed by atoms with Crippen molar-refractivity contribution in [3.05, 3.63) is 59.0 Å². The van der Waals surface area contributed by atoms with Crippen LogP contribution >= 0.6 is 0 Å². The fourth-order valence-electron chi connectivity index (χ4n) is 2.36. The summed E-state index contributed by atoms with van der Waals surface area (Å²) in [5, 5.41) is 7.20. The molecular weight excluding hydrogens is 313 g/mol. The highest BCUT2D eigenvalue weighted by Gasteiger charge is 2.15. The zero-order valence-corrected chi connectivity index (χ0v) is 12.8. The van der Waals surface area contributed by atoms with Gasteiger partial charge in [-0.1, -0.05) is 17.3 Å². The molecule has 0 spiro atoms. The Morgan fingerprint density at radius 1 is 1.29 bits per heavy atom. The van der Waals surface area contributed by atoms with Gasteiger partial charge in [0.2, 0.25) is 11.8 Å². The number of fused-ring (bicyclic) bond motifs is 1. The third-order valence-electron chi connectivity index (χ3n) is 3.68. The van der Waals surface area contributed by atoms with Gasteiger partial charge in [-0.15, -0.1) is 0 Å². The van der Waals surface area contributed by atoms with E-state index in [1.54, 1.807) is 18.2 Å². The fraction of sp³-hybridized carbons (Fsp3) is 0.118. The summed E-state index contributed by atoms with van der Waals surface area (Å²) >= 11 is 0. The number of amides is 2. The van der Waals surface area contributed by atoms with Crippen molar-refractivity contribution in [2.75, 3.05) is 5.32 Å². The summed E-state index contributed by atoms with van der Waals surface area (Å²) in [5.74, 6) is -1.79. The van der Waals surface area contributed by atoms with Gasteiger partial charge < -0.3 is 15.6 Å². The Labute approximate surface area is 136 Å². The molecule has 0 radical (unpaired) electrons. The number of primary amides is 1. The Bertz CT molecular complexity index is 949. The van der Waals surface area contributed by atoms with Crippen molar-refractivity contribution in [1.29, 1.82) is 0 Å². The number of rotatable bonds is 4. The molecule has 122 valence electrons. The lowest BCUT2D eigenvalue weighted by Crippen LogP contribution is -2.18. The molecule has 0 bridgehead atoms. The summed E-state index contributed by atoms with van der Waals surface area (Å²) in [4.78, 5) is 23.5. The van der Waals surface area contributed by atoms with Gasteiger partial charge in [-0.3, -0.25) is 9.59 Å². The van der Waals surface area contributed by atoms with Gasteiger partial charge in [0.15, 0.2) is 5.58 Å². The van der Waals surface area contributed by atoms with Gasteiger partial charge in [-0.2, -0.15) is 0 Å². The molecule has 24 heavy (non-hydrogen) atoms. The number of nitrogens with zero attached hydrogens (tertiary/aromatic N) is 1. The van der Waals surface area contributed by atoms with E-state index in [-0.39, 0.29) is 23.2 Å². The number of para-hydroxylation sites is 1. The lowest BCUT2D eigenvalue weighted by molar-refractivity contribution is -0.115. The highest BCUT2D eigenvalue weighted by atomic mass is 19.1. The number of nitrogens with two attached hydrogens (primary N) is 1. The highest BCUT2D eigenvalue weighted by Crippen LogP contribution is 2.22. The Morgan fingerprint density at radius 2 is 2.04 bits per heavy atom. The molecule has 3 aromatic rings. The molecule has 0 saturated heterocycles. The second-order valence-corrected chi connectivity index (χ2v) is 5.35. The van der Waals surface area contributed by atoms with Crippen LogP contribution in [0.4, 0.5) is 10.1 Å². The molecule has 0 aliphatic carbocycles. The third-order valence-corrected chi connectivity index (χ3v) is 3.68. The molecule has 0 saturated carbocycles. The SMILES string of the molecule is Cc1c(F)cc(C(N)=O)cc1NC(=O)Cc1noc2ccccc12. The van der Waals surface area contributed by atoms with E-state index in [0.717, 1.165) is 11.5 Å². The molecular formula is C17H14FN3O3. The molecule has 0 aliphatic rings. The van der Waals surface area contributed by atoms with Crippen LogP contribution in [0.15, 0.2) is 40.9 Å². The quantitative estimate of drug-likeness (QED) is 0.769. The Hall–Kier alpha value is -3.22. The molecule has 0 aliphatic heterocycles. The van der Waals surface area contributed by atoms with Crippen LogP contribution in [0.1, 0.15) is 21.6 Å². The second-order valence-electron chi connectivity index (χ2n) is 5.35. The van der Waals surface area contributed by atoms with Crippen molar-refractivity contribution in [1.82, 2.24) is 5.16 Å². The normalized spacial score (nSPS) is 10.8. The van der Waals surface area contributed by atoms with E-state index in [1.807, 2.05) is 6.07 Å². The molecule has 0 atom stereocenters. The smallest absolute Gasteiger partial charge is 0.248 e. The maximum atomic E-state index is 13.8. The minimum absolute atomic E-state index is 0.0136. The number of anilines is 1. The summed E-state index contributed by atoms with van der Waals surface area (Å²) in [5.41, 5.74) is 6.63. The van der Waals surface area contributed by atoms with E-state index in [1.165, 1.54) is 13.0 Å². The van der Waals surface area contributed by atoms with Crippen LogP contribution in [-0.2, 0) is 11.2 Å². The lowest BCUT2D eigenvalue weighted by atomic mass is 10.1. The number of benzene rings is 2. The largest absolute Gasteiger partial charge is 0.366 e. The Balaban J connectivity index is 1.84. The number of halogens is 1. The molecule has 2 amide bonds. The molecule has 1 heterocycles. The Morgan fingerprint density at radius 3 is 2.79 bits per heavy atom. The lowest BCUT2D eigenvalue weighted by Gasteiger charge is -2.10.